The maximum atomic E-state index is 12.8. The van der Waals surface area contributed by atoms with E-state index in [1.165, 1.54) is 5.56 Å². The maximum Gasteiger partial charge on any atom is 0.228 e. The molecule has 1 aromatic rings. The van der Waals surface area contributed by atoms with Gasteiger partial charge in [0.25, 0.3) is 0 Å². The highest BCUT2D eigenvalue weighted by Gasteiger charge is 2.36. The summed E-state index contributed by atoms with van der Waals surface area (Å²) in [6.07, 6.45) is 3.68. The summed E-state index contributed by atoms with van der Waals surface area (Å²) in [5.74, 6) is 0.177. The lowest BCUT2D eigenvalue weighted by atomic mass is 10.1. The first-order chi connectivity index (χ1) is 12.7. The summed E-state index contributed by atoms with van der Waals surface area (Å²) in [7, 11) is 0. The number of hydrogen-bond donors (Lipinski definition) is 0. The van der Waals surface area contributed by atoms with E-state index >= 15 is 0 Å². The van der Waals surface area contributed by atoms with Crippen molar-refractivity contribution in [2.24, 2.45) is 5.92 Å². The number of hydrogen-bond acceptors (Lipinski definition) is 3. The van der Waals surface area contributed by atoms with Crippen LogP contribution in [0.5, 0.6) is 0 Å². The largest absolute Gasteiger partial charge is 0.342 e. The quantitative estimate of drug-likeness (QED) is 0.782. The minimum atomic E-state index is -0.132. The second-order valence-electron chi connectivity index (χ2n) is 7.44. The summed E-state index contributed by atoms with van der Waals surface area (Å²) < 4.78 is 0. The van der Waals surface area contributed by atoms with Gasteiger partial charge in [0.2, 0.25) is 11.8 Å². The Bertz CT molecular complexity index is 605. The van der Waals surface area contributed by atoms with Gasteiger partial charge in [0.15, 0.2) is 0 Å². The number of amides is 2. The molecule has 2 fully saturated rings. The molecule has 1 aromatic carbocycles. The zero-order valence-electron chi connectivity index (χ0n) is 15.9. The molecule has 5 heteroatoms. The molecule has 0 aliphatic carbocycles. The lowest BCUT2D eigenvalue weighted by Crippen LogP contribution is -2.40. The van der Waals surface area contributed by atoms with Crippen LogP contribution in [0.2, 0.25) is 0 Å². The van der Waals surface area contributed by atoms with Crippen LogP contribution in [0.15, 0.2) is 30.3 Å². The molecular formula is C21H31N3O2. The second-order valence-corrected chi connectivity index (χ2v) is 7.44. The highest BCUT2D eigenvalue weighted by atomic mass is 16.2. The monoisotopic (exact) mass is 357 g/mol. The molecule has 2 saturated heterocycles. The Morgan fingerprint density at radius 3 is 2.65 bits per heavy atom. The van der Waals surface area contributed by atoms with E-state index in [2.05, 4.69) is 35.2 Å². The van der Waals surface area contributed by atoms with Gasteiger partial charge in [-0.05, 0) is 44.8 Å². The van der Waals surface area contributed by atoms with Crippen molar-refractivity contribution >= 4 is 11.8 Å². The highest BCUT2D eigenvalue weighted by Crippen LogP contribution is 2.20. The van der Waals surface area contributed by atoms with Gasteiger partial charge in [-0.1, -0.05) is 30.3 Å². The van der Waals surface area contributed by atoms with Gasteiger partial charge >= 0.3 is 0 Å². The lowest BCUT2D eigenvalue weighted by Gasteiger charge is -2.24. The van der Waals surface area contributed by atoms with Gasteiger partial charge in [0, 0.05) is 39.1 Å². The van der Waals surface area contributed by atoms with E-state index in [9.17, 15) is 9.59 Å². The molecule has 5 nitrogen and oxygen atoms in total. The third-order valence-corrected chi connectivity index (χ3v) is 5.63. The van der Waals surface area contributed by atoms with Crippen molar-refractivity contribution in [2.45, 2.75) is 32.6 Å². The third kappa shape index (κ3) is 4.85. The van der Waals surface area contributed by atoms with Gasteiger partial charge in [-0.2, -0.15) is 0 Å². The smallest absolute Gasteiger partial charge is 0.228 e. The highest BCUT2D eigenvalue weighted by molar-refractivity contribution is 5.89. The van der Waals surface area contributed by atoms with Crippen molar-refractivity contribution in [3.8, 4) is 0 Å². The molecule has 142 valence electrons. The number of carbonyl (C=O) groups is 2. The summed E-state index contributed by atoms with van der Waals surface area (Å²) in [6, 6.07) is 10.6. The van der Waals surface area contributed by atoms with Crippen LogP contribution in [0.3, 0.4) is 0 Å². The average Bonchev–Trinajstić information content (AvgIpc) is 2.88. The molecule has 2 heterocycles. The minimum absolute atomic E-state index is 0.128. The Hall–Kier alpha value is -1.88. The van der Waals surface area contributed by atoms with E-state index in [0.29, 0.717) is 19.5 Å². The molecule has 3 rings (SSSR count). The first kappa shape index (κ1) is 18.9. The third-order valence-electron chi connectivity index (χ3n) is 5.63. The summed E-state index contributed by atoms with van der Waals surface area (Å²) >= 11 is 0. The number of nitrogens with zero attached hydrogens (tertiary/aromatic N) is 3. The number of rotatable bonds is 6. The molecule has 26 heavy (non-hydrogen) atoms. The first-order valence-electron chi connectivity index (χ1n) is 10.00. The number of aryl methyl sites for hydroxylation is 1. The van der Waals surface area contributed by atoms with Gasteiger partial charge in [0.05, 0.1) is 5.92 Å². The molecule has 2 aliphatic rings. The number of likely N-dealkylation sites (tertiary alicyclic amines) is 1. The van der Waals surface area contributed by atoms with Crippen LogP contribution in [0, 0.1) is 5.92 Å². The van der Waals surface area contributed by atoms with E-state index in [1.807, 2.05) is 11.8 Å². The van der Waals surface area contributed by atoms with Gasteiger partial charge in [-0.25, -0.2) is 0 Å². The molecule has 0 spiro atoms. The second kappa shape index (κ2) is 9.17. The van der Waals surface area contributed by atoms with Gasteiger partial charge in [0.1, 0.15) is 0 Å². The summed E-state index contributed by atoms with van der Waals surface area (Å²) in [6.45, 7) is 7.99. The van der Waals surface area contributed by atoms with Gasteiger partial charge in [-0.3, -0.25) is 9.59 Å². The Morgan fingerprint density at radius 1 is 1.12 bits per heavy atom. The van der Waals surface area contributed by atoms with Crippen molar-refractivity contribution < 1.29 is 9.59 Å². The molecule has 2 amide bonds. The standard InChI is InChI=1S/C21H31N3O2/c1-2-23-17-19(16-20(23)25)21(26)24-13-7-12-22(14-15-24)11-6-10-18-8-4-3-5-9-18/h3-5,8-9,19H,2,6-7,10-17H2,1H3/t19-/m0/s1. The zero-order chi connectivity index (χ0) is 18.4. The van der Waals surface area contributed by atoms with Crippen LogP contribution in [-0.4, -0.2) is 72.3 Å². The van der Waals surface area contributed by atoms with E-state index in [-0.39, 0.29) is 17.7 Å². The fourth-order valence-corrected chi connectivity index (χ4v) is 4.07. The van der Waals surface area contributed by atoms with Gasteiger partial charge in [-0.15, -0.1) is 0 Å². The van der Waals surface area contributed by atoms with Crippen LogP contribution in [-0.2, 0) is 16.0 Å². The van der Waals surface area contributed by atoms with Crippen LogP contribution >= 0.6 is 0 Å². The molecule has 2 aliphatic heterocycles. The van der Waals surface area contributed by atoms with Crippen molar-refractivity contribution in [2.75, 3.05) is 45.8 Å². The van der Waals surface area contributed by atoms with Crippen molar-refractivity contribution in [3.63, 3.8) is 0 Å². The zero-order valence-corrected chi connectivity index (χ0v) is 15.9. The molecule has 0 unspecified atom stereocenters. The summed E-state index contributed by atoms with van der Waals surface area (Å²) in [5, 5.41) is 0. The average molecular weight is 357 g/mol. The normalized spacial score (nSPS) is 21.9. The van der Waals surface area contributed by atoms with E-state index in [1.54, 1.807) is 4.90 Å². The van der Waals surface area contributed by atoms with Crippen molar-refractivity contribution in [1.29, 1.82) is 0 Å². The summed E-state index contributed by atoms with van der Waals surface area (Å²) in [5.41, 5.74) is 1.39. The predicted molar refractivity (Wildman–Crippen MR) is 103 cm³/mol. The molecule has 0 N–H and O–H groups in total. The van der Waals surface area contributed by atoms with Crippen LogP contribution in [0.25, 0.3) is 0 Å². The Kier molecular flexibility index (Phi) is 6.67. The lowest BCUT2D eigenvalue weighted by molar-refractivity contribution is -0.135. The molecule has 0 saturated carbocycles. The van der Waals surface area contributed by atoms with Crippen LogP contribution in [0.1, 0.15) is 31.7 Å². The maximum absolute atomic E-state index is 12.8. The van der Waals surface area contributed by atoms with Crippen molar-refractivity contribution in [3.05, 3.63) is 35.9 Å². The number of carbonyl (C=O) groups excluding carboxylic acids is 2. The van der Waals surface area contributed by atoms with E-state index < -0.39 is 0 Å². The molecule has 1 atom stereocenters. The molecule has 0 radical (unpaired) electrons. The van der Waals surface area contributed by atoms with Crippen molar-refractivity contribution in [1.82, 2.24) is 14.7 Å². The summed E-state index contributed by atoms with van der Waals surface area (Å²) in [4.78, 5) is 31.0. The number of benzene rings is 1. The SMILES string of the molecule is CCN1C[C@@H](C(=O)N2CCCN(CCCc3ccccc3)CC2)CC1=O. The topological polar surface area (TPSA) is 43.9 Å². The molecule has 0 bridgehead atoms. The Morgan fingerprint density at radius 2 is 1.92 bits per heavy atom. The minimum Gasteiger partial charge on any atom is -0.342 e. The van der Waals surface area contributed by atoms with E-state index in [0.717, 1.165) is 52.0 Å². The van der Waals surface area contributed by atoms with Crippen LogP contribution < -0.4 is 0 Å². The molecule has 0 aromatic heterocycles. The Balaban J connectivity index is 1.43. The first-order valence-corrected chi connectivity index (χ1v) is 10.00. The fourth-order valence-electron chi connectivity index (χ4n) is 4.07. The molecular weight excluding hydrogens is 326 g/mol. The predicted octanol–water partition coefficient (Wildman–Crippen LogP) is 2.02. The van der Waals surface area contributed by atoms with Gasteiger partial charge < -0.3 is 14.7 Å². The Labute approximate surface area is 156 Å². The van der Waals surface area contributed by atoms with Crippen LogP contribution in [0.4, 0.5) is 0 Å². The fraction of sp³-hybridized carbons (Fsp3) is 0.619. The van der Waals surface area contributed by atoms with E-state index in [4.69, 9.17) is 0 Å².